The van der Waals surface area contributed by atoms with Gasteiger partial charge in [-0.2, -0.15) is 0 Å². The van der Waals surface area contributed by atoms with Crippen molar-refractivity contribution in [2.45, 2.75) is 38.5 Å². The van der Waals surface area contributed by atoms with Crippen molar-refractivity contribution in [3.63, 3.8) is 0 Å². The van der Waals surface area contributed by atoms with Gasteiger partial charge in [0, 0.05) is 17.8 Å². The smallest absolute Gasteiger partial charge is 0.255 e. The first kappa shape index (κ1) is 19.1. The van der Waals surface area contributed by atoms with Crippen LogP contribution in [0.2, 0.25) is 0 Å². The van der Waals surface area contributed by atoms with E-state index in [1.165, 1.54) is 12.1 Å². The number of benzene rings is 2. The van der Waals surface area contributed by atoms with Crippen LogP contribution in [0.3, 0.4) is 0 Å². The molecule has 0 bridgehead atoms. The van der Waals surface area contributed by atoms with Crippen LogP contribution in [0.1, 0.15) is 41.8 Å². The summed E-state index contributed by atoms with van der Waals surface area (Å²) in [5.74, 6) is -0.323. The Labute approximate surface area is 149 Å². The van der Waals surface area contributed by atoms with E-state index in [0.717, 1.165) is 23.2 Å². The van der Waals surface area contributed by atoms with E-state index in [1.807, 2.05) is 39.0 Å². The second kappa shape index (κ2) is 8.27. The molecule has 2 N–H and O–H groups in total. The molecule has 2 aromatic rings. The maximum atomic E-state index is 12.6. The van der Waals surface area contributed by atoms with Crippen molar-refractivity contribution in [1.29, 1.82) is 0 Å². The van der Waals surface area contributed by atoms with Crippen molar-refractivity contribution in [1.82, 2.24) is 4.72 Å². The van der Waals surface area contributed by atoms with E-state index in [9.17, 15) is 13.2 Å². The molecule has 2 aromatic carbocycles. The third kappa shape index (κ3) is 4.67. The van der Waals surface area contributed by atoms with Gasteiger partial charge >= 0.3 is 0 Å². The van der Waals surface area contributed by atoms with Gasteiger partial charge in [-0.3, -0.25) is 4.79 Å². The Morgan fingerprint density at radius 2 is 1.80 bits per heavy atom. The Morgan fingerprint density at radius 1 is 1.08 bits per heavy atom. The lowest BCUT2D eigenvalue weighted by molar-refractivity contribution is 0.102. The standard InChI is InChI=1S/C19H24N2O3S/c1-4-12-20-25(23,24)17-11-7-10-16(13-17)19(22)21-18-14(3)8-6-9-15(18)5-2/h6-11,13,20H,4-5,12H2,1-3H3,(H,21,22). The number of rotatable bonds is 7. The van der Waals surface area contributed by atoms with Crippen molar-refractivity contribution in [2.24, 2.45) is 0 Å². The minimum Gasteiger partial charge on any atom is -0.321 e. The third-order valence-corrected chi connectivity index (χ3v) is 5.39. The van der Waals surface area contributed by atoms with Gasteiger partial charge in [-0.25, -0.2) is 13.1 Å². The van der Waals surface area contributed by atoms with E-state index in [0.29, 0.717) is 18.5 Å². The molecular weight excluding hydrogens is 336 g/mol. The molecular formula is C19H24N2O3S. The summed E-state index contributed by atoms with van der Waals surface area (Å²) in [7, 11) is -3.60. The molecule has 1 amide bonds. The molecule has 5 nitrogen and oxygen atoms in total. The van der Waals surface area contributed by atoms with Crippen molar-refractivity contribution >= 4 is 21.6 Å². The number of carbonyl (C=O) groups is 1. The molecule has 0 spiro atoms. The normalized spacial score (nSPS) is 11.3. The Bertz CT molecular complexity index is 861. The van der Waals surface area contributed by atoms with Crippen LogP contribution in [0.4, 0.5) is 5.69 Å². The maximum Gasteiger partial charge on any atom is 0.255 e. The average molecular weight is 360 g/mol. The molecule has 2 rings (SSSR count). The summed E-state index contributed by atoms with van der Waals surface area (Å²) in [6.07, 6.45) is 1.50. The zero-order valence-electron chi connectivity index (χ0n) is 14.8. The van der Waals surface area contributed by atoms with E-state index in [-0.39, 0.29) is 10.8 Å². The summed E-state index contributed by atoms with van der Waals surface area (Å²) in [5.41, 5.74) is 3.11. The molecule has 25 heavy (non-hydrogen) atoms. The largest absolute Gasteiger partial charge is 0.321 e. The van der Waals surface area contributed by atoms with Crippen LogP contribution in [0.25, 0.3) is 0 Å². The van der Waals surface area contributed by atoms with Crippen LogP contribution in [-0.4, -0.2) is 20.9 Å². The molecule has 0 aliphatic carbocycles. The molecule has 0 atom stereocenters. The Kier molecular flexibility index (Phi) is 6.33. The molecule has 0 saturated heterocycles. The minimum absolute atomic E-state index is 0.0918. The van der Waals surface area contributed by atoms with Crippen LogP contribution >= 0.6 is 0 Å². The fraction of sp³-hybridized carbons (Fsp3) is 0.316. The van der Waals surface area contributed by atoms with Crippen LogP contribution in [0.15, 0.2) is 47.4 Å². The number of anilines is 1. The summed E-state index contributed by atoms with van der Waals surface area (Å²) in [6.45, 7) is 6.21. The summed E-state index contributed by atoms with van der Waals surface area (Å²) in [4.78, 5) is 12.7. The summed E-state index contributed by atoms with van der Waals surface area (Å²) in [5, 5.41) is 2.91. The lowest BCUT2D eigenvalue weighted by Crippen LogP contribution is -2.24. The van der Waals surface area contributed by atoms with E-state index in [4.69, 9.17) is 0 Å². The van der Waals surface area contributed by atoms with E-state index < -0.39 is 10.0 Å². The zero-order valence-corrected chi connectivity index (χ0v) is 15.6. The number of nitrogens with one attached hydrogen (secondary N) is 2. The first-order valence-corrected chi connectivity index (χ1v) is 9.87. The summed E-state index contributed by atoms with van der Waals surface area (Å²) in [6, 6.07) is 11.9. The average Bonchev–Trinajstić information content (AvgIpc) is 2.61. The van der Waals surface area contributed by atoms with Gasteiger partial charge in [-0.15, -0.1) is 0 Å². The number of aryl methyl sites for hydroxylation is 2. The minimum atomic E-state index is -3.60. The molecule has 0 unspecified atom stereocenters. The molecule has 0 aliphatic heterocycles. The highest BCUT2D eigenvalue weighted by Crippen LogP contribution is 2.22. The predicted octanol–water partition coefficient (Wildman–Crippen LogP) is 3.50. The lowest BCUT2D eigenvalue weighted by Gasteiger charge is -2.13. The second-order valence-corrected chi connectivity index (χ2v) is 7.61. The van der Waals surface area contributed by atoms with Gasteiger partial charge in [0.1, 0.15) is 0 Å². The van der Waals surface area contributed by atoms with Crippen LogP contribution < -0.4 is 10.0 Å². The summed E-state index contributed by atoms with van der Waals surface area (Å²) < 4.78 is 27.0. The van der Waals surface area contributed by atoms with Crippen LogP contribution in [0, 0.1) is 6.92 Å². The number of hydrogen-bond donors (Lipinski definition) is 2. The van der Waals surface area contributed by atoms with Crippen LogP contribution in [0.5, 0.6) is 0 Å². The SMILES string of the molecule is CCCNS(=O)(=O)c1cccc(C(=O)Nc2c(C)cccc2CC)c1. The summed E-state index contributed by atoms with van der Waals surface area (Å²) >= 11 is 0. The van der Waals surface area contributed by atoms with Crippen molar-refractivity contribution in [3.8, 4) is 0 Å². The quantitative estimate of drug-likeness (QED) is 0.793. The van der Waals surface area contributed by atoms with Crippen molar-refractivity contribution in [3.05, 3.63) is 59.2 Å². The fourth-order valence-corrected chi connectivity index (χ4v) is 3.69. The zero-order chi connectivity index (χ0) is 18.4. The van der Waals surface area contributed by atoms with Gasteiger partial charge in [0.2, 0.25) is 10.0 Å². The topological polar surface area (TPSA) is 75.3 Å². The van der Waals surface area contributed by atoms with E-state index in [1.54, 1.807) is 12.1 Å². The number of sulfonamides is 1. The Morgan fingerprint density at radius 3 is 2.48 bits per heavy atom. The van der Waals surface area contributed by atoms with Gasteiger partial charge < -0.3 is 5.32 Å². The molecule has 6 heteroatoms. The molecule has 0 radical (unpaired) electrons. The predicted molar refractivity (Wildman–Crippen MR) is 100 cm³/mol. The highest BCUT2D eigenvalue weighted by atomic mass is 32.2. The molecule has 0 fully saturated rings. The lowest BCUT2D eigenvalue weighted by atomic mass is 10.1. The van der Waals surface area contributed by atoms with Gasteiger partial charge in [-0.1, -0.05) is 38.1 Å². The molecule has 0 saturated carbocycles. The van der Waals surface area contributed by atoms with Crippen molar-refractivity contribution < 1.29 is 13.2 Å². The van der Waals surface area contributed by atoms with Gasteiger partial charge in [-0.05, 0) is 49.1 Å². The highest BCUT2D eigenvalue weighted by Gasteiger charge is 2.16. The maximum absolute atomic E-state index is 12.6. The number of carbonyl (C=O) groups excluding carboxylic acids is 1. The molecule has 0 heterocycles. The Hall–Kier alpha value is -2.18. The number of para-hydroxylation sites is 1. The first-order chi connectivity index (χ1) is 11.9. The first-order valence-electron chi connectivity index (χ1n) is 8.38. The fourth-order valence-electron chi connectivity index (χ4n) is 2.51. The third-order valence-electron chi connectivity index (χ3n) is 3.93. The van der Waals surface area contributed by atoms with Crippen molar-refractivity contribution in [2.75, 3.05) is 11.9 Å². The highest BCUT2D eigenvalue weighted by molar-refractivity contribution is 7.89. The van der Waals surface area contributed by atoms with Gasteiger partial charge in [0.05, 0.1) is 4.90 Å². The van der Waals surface area contributed by atoms with Gasteiger partial charge in [0.15, 0.2) is 0 Å². The Balaban J connectivity index is 2.28. The van der Waals surface area contributed by atoms with E-state index >= 15 is 0 Å². The molecule has 134 valence electrons. The number of amides is 1. The van der Waals surface area contributed by atoms with Gasteiger partial charge in [0.25, 0.3) is 5.91 Å². The molecule has 0 aromatic heterocycles. The van der Waals surface area contributed by atoms with Crippen LogP contribution in [-0.2, 0) is 16.4 Å². The monoisotopic (exact) mass is 360 g/mol. The number of hydrogen-bond acceptors (Lipinski definition) is 3. The van der Waals surface area contributed by atoms with E-state index in [2.05, 4.69) is 10.0 Å². The molecule has 0 aliphatic rings. The second-order valence-electron chi connectivity index (χ2n) is 5.84.